The molecule has 0 spiro atoms. The third kappa shape index (κ3) is 6.00. The standard InChI is InChI=1S/C22H29NO4/c1-22(2,3)19-14-17(16-6-9-18(26-5)10-7-16)8-11-20(19)27-13-12-23(4)15-21(24)25/h6-11,14H,12-13,15H2,1-5H3,(H,24,25). The summed E-state index contributed by atoms with van der Waals surface area (Å²) in [7, 11) is 3.43. The van der Waals surface area contributed by atoms with Crippen molar-refractivity contribution in [3.8, 4) is 22.6 Å². The Morgan fingerprint density at radius 2 is 1.70 bits per heavy atom. The highest BCUT2D eigenvalue weighted by molar-refractivity contribution is 5.69. The molecule has 0 fully saturated rings. The number of carboxylic acid groups (broad SMARTS) is 1. The lowest BCUT2D eigenvalue weighted by atomic mass is 9.84. The Labute approximate surface area is 161 Å². The smallest absolute Gasteiger partial charge is 0.317 e. The Kier molecular flexibility index (Phi) is 6.86. The molecule has 0 amide bonds. The normalized spacial score (nSPS) is 11.5. The number of aliphatic carboxylic acids is 1. The first-order valence-corrected chi connectivity index (χ1v) is 9.03. The predicted octanol–water partition coefficient (Wildman–Crippen LogP) is 4.05. The van der Waals surface area contributed by atoms with Crippen molar-refractivity contribution < 1.29 is 19.4 Å². The fourth-order valence-electron chi connectivity index (χ4n) is 2.83. The lowest BCUT2D eigenvalue weighted by Crippen LogP contribution is -2.30. The van der Waals surface area contributed by atoms with Gasteiger partial charge < -0.3 is 14.6 Å². The van der Waals surface area contributed by atoms with Crippen LogP contribution in [0, 0.1) is 0 Å². The van der Waals surface area contributed by atoms with E-state index in [9.17, 15) is 4.79 Å². The average Bonchev–Trinajstić information content (AvgIpc) is 2.60. The summed E-state index contributed by atoms with van der Waals surface area (Å²) in [5, 5.41) is 8.83. The molecule has 2 aromatic rings. The molecule has 1 N–H and O–H groups in total. The second-order valence-electron chi connectivity index (χ2n) is 7.67. The van der Waals surface area contributed by atoms with Gasteiger partial charge in [0.15, 0.2) is 0 Å². The maximum absolute atomic E-state index is 10.8. The van der Waals surface area contributed by atoms with E-state index in [2.05, 4.69) is 26.8 Å². The van der Waals surface area contributed by atoms with Crippen molar-refractivity contribution in [1.29, 1.82) is 0 Å². The maximum atomic E-state index is 10.8. The van der Waals surface area contributed by atoms with Crippen LogP contribution in [0.3, 0.4) is 0 Å². The van der Waals surface area contributed by atoms with E-state index in [1.807, 2.05) is 36.4 Å². The SMILES string of the molecule is COc1ccc(-c2ccc(OCCN(C)CC(=O)O)c(C(C)(C)C)c2)cc1. The number of methoxy groups -OCH3 is 1. The van der Waals surface area contributed by atoms with Crippen LogP contribution in [-0.2, 0) is 10.2 Å². The fraction of sp³-hybridized carbons (Fsp3) is 0.409. The molecule has 0 saturated heterocycles. The van der Waals surface area contributed by atoms with Crippen LogP contribution in [0.15, 0.2) is 42.5 Å². The zero-order valence-electron chi connectivity index (χ0n) is 16.8. The average molecular weight is 371 g/mol. The summed E-state index contributed by atoms with van der Waals surface area (Å²) in [6.45, 7) is 7.47. The van der Waals surface area contributed by atoms with Crippen LogP contribution >= 0.6 is 0 Å². The highest BCUT2D eigenvalue weighted by atomic mass is 16.5. The van der Waals surface area contributed by atoms with E-state index in [0.29, 0.717) is 13.2 Å². The van der Waals surface area contributed by atoms with Gasteiger partial charge in [0.1, 0.15) is 18.1 Å². The summed E-state index contributed by atoms with van der Waals surface area (Å²) in [6, 6.07) is 14.2. The second-order valence-corrected chi connectivity index (χ2v) is 7.67. The predicted molar refractivity (Wildman–Crippen MR) is 108 cm³/mol. The molecular formula is C22H29NO4. The van der Waals surface area contributed by atoms with Crippen molar-refractivity contribution in [2.45, 2.75) is 26.2 Å². The molecule has 146 valence electrons. The molecule has 2 rings (SSSR count). The molecule has 5 nitrogen and oxygen atoms in total. The number of hydrogen-bond acceptors (Lipinski definition) is 4. The van der Waals surface area contributed by atoms with Gasteiger partial charge in [-0.05, 0) is 47.9 Å². The molecule has 0 radical (unpaired) electrons. The molecular weight excluding hydrogens is 342 g/mol. The monoisotopic (exact) mass is 371 g/mol. The first kappa shape index (κ1) is 20.8. The maximum Gasteiger partial charge on any atom is 0.317 e. The van der Waals surface area contributed by atoms with Crippen molar-refractivity contribution in [3.05, 3.63) is 48.0 Å². The fourth-order valence-corrected chi connectivity index (χ4v) is 2.83. The van der Waals surface area contributed by atoms with Crippen molar-refractivity contribution >= 4 is 5.97 Å². The van der Waals surface area contributed by atoms with Crippen LogP contribution in [-0.4, -0.2) is 49.8 Å². The zero-order chi connectivity index (χ0) is 20.0. The van der Waals surface area contributed by atoms with Crippen LogP contribution in [0.4, 0.5) is 0 Å². The van der Waals surface area contributed by atoms with E-state index in [-0.39, 0.29) is 12.0 Å². The molecule has 0 aliphatic carbocycles. The van der Waals surface area contributed by atoms with Gasteiger partial charge >= 0.3 is 5.97 Å². The summed E-state index contributed by atoms with van der Waals surface area (Å²) < 4.78 is 11.2. The summed E-state index contributed by atoms with van der Waals surface area (Å²) in [4.78, 5) is 12.5. The number of nitrogens with zero attached hydrogens (tertiary/aromatic N) is 1. The van der Waals surface area contributed by atoms with Gasteiger partial charge in [-0.2, -0.15) is 0 Å². The van der Waals surface area contributed by atoms with Gasteiger partial charge in [0.25, 0.3) is 0 Å². The largest absolute Gasteiger partial charge is 0.497 e. The van der Waals surface area contributed by atoms with Crippen LogP contribution in [0.2, 0.25) is 0 Å². The minimum Gasteiger partial charge on any atom is -0.497 e. The van der Waals surface area contributed by atoms with Gasteiger partial charge in [-0.15, -0.1) is 0 Å². The Bertz CT molecular complexity index is 763. The lowest BCUT2D eigenvalue weighted by Gasteiger charge is -2.24. The molecule has 0 aromatic heterocycles. The molecule has 0 aliphatic heterocycles. The van der Waals surface area contributed by atoms with Gasteiger partial charge in [0, 0.05) is 12.1 Å². The number of benzene rings is 2. The second kappa shape index (κ2) is 8.91. The topological polar surface area (TPSA) is 59.0 Å². The first-order chi connectivity index (χ1) is 12.7. The molecule has 27 heavy (non-hydrogen) atoms. The van der Waals surface area contributed by atoms with E-state index in [1.54, 1.807) is 19.1 Å². The number of hydrogen-bond donors (Lipinski definition) is 1. The van der Waals surface area contributed by atoms with E-state index in [4.69, 9.17) is 14.6 Å². The Balaban J connectivity index is 2.19. The molecule has 0 saturated carbocycles. The Hall–Kier alpha value is -2.53. The molecule has 0 atom stereocenters. The minimum atomic E-state index is -0.836. The number of rotatable bonds is 8. The van der Waals surface area contributed by atoms with E-state index in [0.717, 1.165) is 28.2 Å². The molecule has 0 bridgehead atoms. The van der Waals surface area contributed by atoms with Gasteiger partial charge in [-0.1, -0.05) is 39.0 Å². The van der Waals surface area contributed by atoms with E-state index >= 15 is 0 Å². The van der Waals surface area contributed by atoms with Gasteiger partial charge in [-0.25, -0.2) is 0 Å². The molecule has 0 heterocycles. The van der Waals surface area contributed by atoms with Crippen molar-refractivity contribution in [2.24, 2.45) is 0 Å². The first-order valence-electron chi connectivity index (χ1n) is 9.03. The Morgan fingerprint density at radius 3 is 2.26 bits per heavy atom. The van der Waals surface area contributed by atoms with Crippen LogP contribution in [0.25, 0.3) is 11.1 Å². The van der Waals surface area contributed by atoms with Crippen molar-refractivity contribution in [3.63, 3.8) is 0 Å². The van der Waals surface area contributed by atoms with E-state index in [1.165, 1.54) is 0 Å². The third-order valence-corrected chi connectivity index (χ3v) is 4.35. The van der Waals surface area contributed by atoms with Gasteiger partial charge in [-0.3, -0.25) is 9.69 Å². The van der Waals surface area contributed by atoms with Crippen LogP contribution < -0.4 is 9.47 Å². The zero-order valence-corrected chi connectivity index (χ0v) is 16.8. The highest BCUT2D eigenvalue weighted by Crippen LogP contribution is 2.35. The summed E-state index contributed by atoms with van der Waals surface area (Å²) in [6.07, 6.45) is 0. The Morgan fingerprint density at radius 1 is 1.07 bits per heavy atom. The summed E-state index contributed by atoms with van der Waals surface area (Å²) in [5.74, 6) is 0.834. The molecule has 0 unspecified atom stereocenters. The quantitative estimate of drug-likeness (QED) is 0.758. The van der Waals surface area contributed by atoms with Gasteiger partial charge in [0.2, 0.25) is 0 Å². The number of likely N-dealkylation sites (N-methyl/N-ethyl adjacent to an activating group) is 1. The van der Waals surface area contributed by atoms with Gasteiger partial charge in [0.05, 0.1) is 13.7 Å². The number of ether oxygens (including phenoxy) is 2. The summed E-state index contributed by atoms with van der Waals surface area (Å²) >= 11 is 0. The number of carbonyl (C=O) groups is 1. The lowest BCUT2D eigenvalue weighted by molar-refractivity contribution is -0.138. The van der Waals surface area contributed by atoms with E-state index < -0.39 is 5.97 Å². The number of carboxylic acids is 1. The highest BCUT2D eigenvalue weighted by Gasteiger charge is 2.20. The van der Waals surface area contributed by atoms with Crippen LogP contribution in [0.5, 0.6) is 11.5 Å². The minimum absolute atomic E-state index is 0.00585. The van der Waals surface area contributed by atoms with Crippen molar-refractivity contribution in [1.82, 2.24) is 4.90 Å². The van der Waals surface area contributed by atoms with Crippen molar-refractivity contribution in [2.75, 3.05) is 33.9 Å². The third-order valence-electron chi connectivity index (χ3n) is 4.35. The molecule has 5 heteroatoms. The van der Waals surface area contributed by atoms with Crippen LogP contribution in [0.1, 0.15) is 26.3 Å². The molecule has 0 aliphatic rings. The summed E-state index contributed by atoms with van der Waals surface area (Å²) in [5.41, 5.74) is 3.29. The molecule has 2 aromatic carbocycles.